The molecule has 0 saturated heterocycles. The van der Waals surface area contributed by atoms with Gasteiger partial charge in [-0.2, -0.15) is 0 Å². The molecule has 1 aromatic heterocycles. The van der Waals surface area contributed by atoms with Crippen molar-refractivity contribution in [3.05, 3.63) is 118 Å². The van der Waals surface area contributed by atoms with Crippen LogP contribution in [0.25, 0.3) is 0 Å². The van der Waals surface area contributed by atoms with Crippen molar-refractivity contribution < 1.29 is 15.3 Å². The molecule has 9 heteroatoms. The van der Waals surface area contributed by atoms with Crippen LogP contribution < -0.4 is 17.1 Å². The van der Waals surface area contributed by atoms with Crippen molar-refractivity contribution in [1.29, 1.82) is 0 Å². The molecular weight excluding hydrogens is 630 g/mol. The predicted molar refractivity (Wildman–Crippen MR) is 198 cm³/mol. The molecule has 1 aliphatic rings. The molecule has 1 heterocycles. The van der Waals surface area contributed by atoms with Gasteiger partial charge in [0.1, 0.15) is 17.2 Å². The van der Waals surface area contributed by atoms with E-state index in [2.05, 4.69) is 0 Å². The first-order chi connectivity index (χ1) is 23.3. The molecule has 1 fully saturated rings. The molecule has 0 radical (unpaired) electrons. The smallest absolute Gasteiger partial charge is 0.336 e. The number of hydrogen-bond acceptors (Lipinski definition) is 6. The summed E-state index contributed by atoms with van der Waals surface area (Å²) in [6.07, 6.45) is 5.29. The minimum absolute atomic E-state index is 0.0809. The van der Waals surface area contributed by atoms with Gasteiger partial charge in [-0.05, 0) is 113 Å². The van der Waals surface area contributed by atoms with Crippen molar-refractivity contribution in [1.82, 2.24) is 13.7 Å². The Kier molecular flexibility index (Phi) is 10.0. The number of phenolic OH excluding ortho intramolecular Hbond substituents is 3. The monoisotopic (exact) mass is 683 g/mol. The Labute approximate surface area is 294 Å². The van der Waals surface area contributed by atoms with Crippen LogP contribution in [0, 0.1) is 20.8 Å². The van der Waals surface area contributed by atoms with Crippen molar-refractivity contribution in [2.75, 3.05) is 0 Å². The summed E-state index contributed by atoms with van der Waals surface area (Å²) < 4.78 is 3.29. The molecule has 3 N–H and O–H groups in total. The summed E-state index contributed by atoms with van der Waals surface area (Å²) in [7, 11) is 0. The minimum Gasteiger partial charge on any atom is -0.507 e. The Hall–Kier alpha value is -4.53. The second-order valence-corrected chi connectivity index (χ2v) is 16.4. The van der Waals surface area contributed by atoms with Gasteiger partial charge >= 0.3 is 17.1 Å². The molecule has 4 aromatic rings. The Balaban J connectivity index is 1.70. The van der Waals surface area contributed by atoms with Crippen molar-refractivity contribution in [3.63, 3.8) is 0 Å². The summed E-state index contributed by atoms with van der Waals surface area (Å²) in [5.41, 5.74) is 3.13. The third-order valence-electron chi connectivity index (χ3n) is 10.2. The van der Waals surface area contributed by atoms with Crippen molar-refractivity contribution in [3.8, 4) is 17.2 Å². The number of aromatic nitrogens is 3. The van der Waals surface area contributed by atoms with Gasteiger partial charge in [0, 0.05) is 0 Å². The predicted octanol–water partition coefficient (Wildman–Crippen LogP) is 7.00. The minimum atomic E-state index is -0.743. The lowest BCUT2D eigenvalue weighted by Crippen LogP contribution is -2.54. The van der Waals surface area contributed by atoms with E-state index in [0.717, 1.165) is 44.9 Å². The molecule has 3 aromatic carbocycles. The van der Waals surface area contributed by atoms with Crippen LogP contribution in [0.3, 0.4) is 0 Å². The molecule has 0 unspecified atom stereocenters. The topological polar surface area (TPSA) is 127 Å². The van der Waals surface area contributed by atoms with Crippen LogP contribution >= 0.6 is 0 Å². The highest BCUT2D eigenvalue weighted by molar-refractivity contribution is 5.48. The Bertz CT molecular complexity index is 2010. The van der Waals surface area contributed by atoms with Crippen LogP contribution in [0.4, 0.5) is 0 Å². The van der Waals surface area contributed by atoms with Gasteiger partial charge in [0.05, 0.1) is 19.6 Å². The van der Waals surface area contributed by atoms with Crippen molar-refractivity contribution >= 4 is 0 Å². The normalized spacial score (nSPS) is 14.3. The molecule has 5 rings (SSSR count). The fraction of sp³-hybridized carbons (Fsp3) is 0.488. The highest BCUT2D eigenvalue weighted by atomic mass is 16.3. The van der Waals surface area contributed by atoms with E-state index in [1.54, 1.807) is 32.0 Å². The maximum atomic E-state index is 14.3. The highest BCUT2D eigenvalue weighted by Crippen LogP contribution is 2.39. The number of phenols is 3. The third-order valence-corrected chi connectivity index (χ3v) is 10.2. The molecule has 0 aliphatic heterocycles. The number of aromatic hydroxyl groups is 3. The average molecular weight is 684 g/mol. The van der Waals surface area contributed by atoms with E-state index in [0.29, 0.717) is 44.5 Å². The van der Waals surface area contributed by atoms with E-state index in [-0.39, 0.29) is 42.8 Å². The van der Waals surface area contributed by atoms with Gasteiger partial charge in [-0.1, -0.05) is 85.1 Å². The van der Waals surface area contributed by atoms with Gasteiger partial charge in [0.15, 0.2) is 0 Å². The molecule has 268 valence electrons. The lowest BCUT2D eigenvalue weighted by Gasteiger charge is -2.24. The molecule has 0 bridgehead atoms. The first-order valence-corrected chi connectivity index (χ1v) is 17.7. The molecule has 0 atom stereocenters. The maximum absolute atomic E-state index is 14.3. The van der Waals surface area contributed by atoms with Crippen LogP contribution in [0.5, 0.6) is 17.2 Å². The number of nitrogens with zero attached hydrogens (tertiary/aromatic N) is 3. The molecule has 0 spiro atoms. The number of rotatable bonds is 7. The largest absolute Gasteiger partial charge is 0.507 e. The Morgan fingerprint density at radius 1 is 0.540 bits per heavy atom. The summed E-state index contributed by atoms with van der Waals surface area (Å²) in [4.78, 5) is 42.8. The molecule has 1 aliphatic carbocycles. The molecular formula is C41H53N3O6. The third kappa shape index (κ3) is 7.32. The van der Waals surface area contributed by atoms with Gasteiger partial charge in [-0.3, -0.25) is 0 Å². The van der Waals surface area contributed by atoms with E-state index in [4.69, 9.17) is 0 Å². The first kappa shape index (κ1) is 36.7. The van der Waals surface area contributed by atoms with Crippen LogP contribution in [-0.2, 0) is 30.5 Å². The van der Waals surface area contributed by atoms with Gasteiger partial charge in [0.2, 0.25) is 0 Å². The summed E-state index contributed by atoms with van der Waals surface area (Å²) in [6, 6.07) is 10.8. The van der Waals surface area contributed by atoms with Crippen LogP contribution in [-0.4, -0.2) is 29.0 Å². The summed E-state index contributed by atoms with van der Waals surface area (Å²) in [5.74, 6) is 0.800. The summed E-state index contributed by atoms with van der Waals surface area (Å²) in [5, 5.41) is 32.7. The number of aryl methyl sites for hydroxylation is 3. The van der Waals surface area contributed by atoms with Gasteiger partial charge in [-0.25, -0.2) is 28.1 Å². The van der Waals surface area contributed by atoms with Crippen molar-refractivity contribution in [2.24, 2.45) is 0 Å². The van der Waals surface area contributed by atoms with Crippen LogP contribution in [0.1, 0.15) is 130 Å². The second-order valence-electron chi connectivity index (χ2n) is 16.4. The molecule has 50 heavy (non-hydrogen) atoms. The average Bonchev–Trinajstić information content (AvgIpc) is 3.03. The zero-order valence-corrected chi connectivity index (χ0v) is 31.1. The Morgan fingerprint density at radius 2 is 0.880 bits per heavy atom. The zero-order valence-electron chi connectivity index (χ0n) is 31.1. The number of benzene rings is 3. The summed E-state index contributed by atoms with van der Waals surface area (Å²) in [6.45, 7) is 17.0. The maximum Gasteiger partial charge on any atom is 0.336 e. The van der Waals surface area contributed by atoms with Gasteiger partial charge in [0.25, 0.3) is 0 Å². The standard InChI is InChI=1S/C41H53N3O6/c1-24-15-27(18-31(34(24)45)30-13-11-10-12-14-30)21-42-37(48)43(22-28-16-25(2)35(46)32(19-28)40(4,5)6)39(50)44(38(42)49)23-29-17-26(3)36(47)33(20-29)41(7,8)9/h15-20,30,45-47H,10-14,21-23H2,1-9H3. The lowest BCUT2D eigenvalue weighted by atomic mass is 9.82. The van der Waals surface area contributed by atoms with Crippen molar-refractivity contribution in [2.45, 2.75) is 131 Å². The zero-order chi connectivity index (χ0) is 36.9. The molecule has 0 amide bonds. The fourth-order valence-electron chi connectivity index (χ4n) is 7.37. The van der Waals surface area contributed by atoms with E-state index in [9.17, 15) is 29.7 Å². The van der Waals surface area contributed by atoms with Crippen LogP contribution in [0.2, 0.25) is 0 Å². The van der Waals surface area contributed by atoms with E-state index in [1.807, 2.05) is 66.7 Å². The quantitative estimate of drug-likeness (QED) is 0.193. The second kappa shape index (κ2) is 13.6. The van der Waals surface area contributed by atoms with Gasteiger partial charge < -0.3 is 15.3 Å². The molecule has 9 nitrogen and oxygen atoms in total. The highest BCUT2D eigenvalue weighted by Gasteiger charge is 2.25. The molecule has 1 saturated carbocycles. The summed E-state index contributed by atoms with van der Waals surface area (Å²) >= 11 is 0. The van der Waals surface area contributed by atoms with E-state index in [1.165, 1.54) is 6.42 Å². The SMILES string of the molecule is Cc1cc(Cn2c(=O)n(Cc3cc(C)c(O)c(C(C)(C)C)c3)c(=O)n(Cc3cc(C)c(O)c(C(C)(C)C)c3)c2=O)cc(C2CCCCC2)c1O. The number of hydrogen-bond donors (Lipinski definition) is 3. The lowest BCUT2D eigenvalue weighted by molar-refractivity contribution is 0.411. The van der Waals surface area contributed by atoms with E-state index < -0.39 is 27.9 Å². The first-order valence-electron chi connectivity index (χ1n) is 17.7. The fourth-order valence-corrected chi connectivity index (χ4v) is 7.37. The Morgan fingerprint density at radius 3 is 1.24 bits per heavy atom. The van der Waals surface area contributed by atoms with E-state index >= 15 is 0 Å². The van der Waals surface area contributed by atoms with Crippen LogP contribution in [0.15, 0.2) is 50.8 Å². The van der Waals surface area contributed by atoms with Gasteiger partial charge in [-0.15, -0.1) is 0 Å².